The largest absolute Gasteiger partial charge is 0.472 e. The van der Waals surface area contributed by atoms with E-state index in [2.05, 4.69) is 137 Å². The zero-order valence-corrected chi connectivity index (χ0v) is 68.6. The number of hydrogen-bond acceptors (Lipinski definition) is 15. The summed E-state index contributed by atoms with van der Waals surface area (Å²) in [6.45, 7) is 4.66. The number of phosphoric acid groups is 2. The monoisotopic (exact) mass is 1530 g/mol. The summed E-state index contributed by atoms with van der Waals surface area (Å²) in [6, 6.07) is 0. The van der Waals surface area contributed by atoms with Crippen molar-refractivity contribution in [1.82, 2.24) is 0 Å². The topological polar surface area (TPSA) is 237 Å². The number of ether oxygens (including phenoxy) is 4. The predicted octanol–water partition coefficient (Wildman–Crippen LogP) is 24.7. The van der Waals surface area contributed by atoms with Gasteiger partial charge in [-0.3, -0.25) is 37.3 Å². The van der Waals surface area contributed by atoms with Gasteiger partial charge in [0.05, 0.1) is 26.4 Å². The lowest BCUT2D eigenvalue weighted by atomic mass is 10.0. The van der Waals surface area contributed by atoms with Crippen LogP contribution < -0.4 is 0 Å². The van der Waals surface area contributed by atoms with Crippen LogP contribution in [0.15, 0.2) is 122 Å². The molecule has 0 heterocycles. The van der Waals surface area contributed by atoms with Crippen LogP contribution in [0.1, 0.15) is 349 Å². The van der Waals surface area contributed by atoms with Gasteiger partial charge in [-0.1, -0.05) is 335 Å². The number of phosphoric ester groups is 2. The van der Waals surface area contributed by atoms with Gasteiger partial charge in [-0.05, 0) is 109 Å². The van der Waals surface area contributed by atoms with Gasteiger partial charge >= 0.3 is 39.5 Å². The summed E-state index contributed by atoms with van der Waals surface area (Å²) in [5.41, 5.74) is 0. The number of carbonyl (C=O) groups is 4. The molecule has 17 nitrogen and oxygen atoms in total. The van der Waals surface area contributed by atoms with E-state index in [-0.39, 0.29) is 25.7 Å². The van der Waals surface area contributed by atoms with E-state index in [1.165, 1.54) is 141 Å². The molecule has 3 N–H and O–H groups in total. The SMILES string of the molecule is CC/C=C\C/C=C\C/C=C\C/C=C\C/C=C\CCCCCC(=O)O[C@H](COC(=O)CC/C=C\C/C=C\C/C=C\C/C=C\C/C=C\CCCCC)COP(=O)(O)OC[C@@H](O)COP(=O)(O)OC[C@@H](COC(=O)CCCCCCCCCCCCCCC)OC(=O)CCCCCCCCCCCCCCCCC. The molecule has 0 fully saturated rings. The summed E-state index contributed by atoms with van der Waals surface area (Å²) in [4.78, 5) is 73.1. The van der Waals surface area contributed by atoms with E-state index in [1.807, 2.05) is 12.2 Å². The molecule has 0 radical (unpaired) electrons. The third-order valence-corrected chi connectivity index (χ3v) is 19.4. The van der Waals surface area contributed by atoms with E-state index in [0.717, 1.165) is 122 Å². The van der Waals surface area contributed by atoms with E-state index in [4.69, 9.17) is 37.0 Å². The molecule has 106 heavy (non-hydrogen) atoms. The molecule has 0 aromatic heterocycles. The van der Waals surface area contributed by atoms with Gasteiger partial charge in [0, 0.05) is 25.7 Å². The van der Waals surface area contributed by atoms with Gasteiger partial charge in [0.2, 0.25) is 0 Å². The zero-order valence-electron chi connectivity index (χ0n) is 66.8. The van der Waals surface area contributed by atoms with Gasteiger partial charge in [-0.15, -0.1) is 0 Å². The number of hydrogen-bond donors (Lipinski definition) is 3. The highest BCUT2D eigenvalue weighted by Crippen LogP contribution is 2.45. The molecule has 2 unspecified atom stereocenters. The van der Waals surface area contributed by atoms with Gasteiger partial charge in [0.15, 0.2) is 12.2 Å². The Labute approximate surface area is 644 Å². The molecule has 0 aliphatic rings. The van der Waals surface area contributed by atoms with Crippen LogP contribution in [0.4, 0.5) is 0 Å². The lowest BCUT2D eigenvalue weighted by Crippen LogP contribution is -2.30. The normalized spacial score (nSPS) is 14.4. The molecular weight excluding hydrogens is 1380 g/mol. The molecular formula is C87H150O17P2. The maximum atomic E-state index is 13.1. The lowest BCUT2D eigenvalue weighted by molar-refractivity contribution is -0.161. The molecule has 0 spiro atoms. The quantitative estimate of drug-likeness (QED) is 0.0169. The van der Waals surface area contributed by atoms with Crippen LogP contribution in [-0.2, 0) is 65.4 Å². The van der Waals surface area contributed by atoms with Gasteiger partial charge < -0.3 is 33.8 Å². The minimum Gasteiger partial charge on any atom is -0.462 e. The van der Waals surface area contributed by atoms with Crippen LogP contribution in [0.25, 0.3) is 0 Å². The molecule has 5 atom stereocenters. The van der Waals surface area contributed by atoms with E-state index < -0.39 is 97.5 Å². The molecule has 0 amide bonds. The summed E-state index contributed by atoms with van der Waals surface area (Å²) < 4.78 is 68.6. The average molecular weight is 1530 g/mol. The Balaban J connectivity index is 5.45. The average Bonchev–Trinajstić information content (AvgIpc) is 0.902. The summed E-state index contributed by atoms with van der Waals surface area (Å²) in [5, 5.41) is 10.7. The minimum absolute atomic E-state index is 0.0283. The first-order valence-electron chi connectivity index (χ1n) is 41.8. The number of aliphatic hydroxyl groups excluding tert-OH is 1. The number of rotatable bonds is 78. The van der Waals surface area contributed by atoms with Crippen LogP contribution in [0.5, 0.6) is 0 Å². The van der Waals surface area contributed by atoms with Crippen molar-refractivity contribution >= 4 is 39.5 Å². The molecule has 0 aliphatic carbocycles. The fourth-order valence-corrected chi connectivity index (χ4v) is 12.7. The van der Waals surface area contributed by atoms with E-state index in [0.29, 0.717) is 32.1 Å². The molecule has 0 bridgehead atoms. The maximum absolute atomic E-state index is 13.1. The van der Waals surface area contributed by atoms with Crippen molar-refractivity contribution in [2.45, 2.75) is 367 Å². The fourth-order valence-electron chi connectivity index (χ4n) is 11.1. The molecule has 0 aromatic carbocycles. The number of carbonyl (C=O) groups excluding carboxylic acids is 4. The Kier molecular flexibility index (Phi) is 75.2. The van der Waals surface area contributed by atoms with Crippen molar-refractivity contribution < 1.29 is 80.2 Å². The second-order valence-electron chi connectivity index (χ2n) is 27.7. The first kappa shape index (κ1) is 101. The second kappa shape index (κ2) is 78.6. The minimum atomic E-state index is -5.01. The van der Waals surface area contributed by atoms with Gasteiger partial charge in [-0.25, -0.2) is 9.13 Å². The van der Waals surface area contributed by atoms with Crippen LogP contribution in [0, 0.1) is 0 Å². The van der Waals surface area contributed by atoms with Crippen molar-refractivity contribution in [2.75, 3.05) is 39.6 Å². The van der Waals surface area contributed by atoms with Crippen molar-refractivity contribution in [1.29, 1.82) is 0 Å². The summed E-state index contributed by atoms with van der Waals surface area (Å²) in [6.07, 6.45) is 87.5. The Morgan fingerprint density at radius 1 is 0.274 bits per heavy atom. The molecule has 0 saturated heterocycles. The zero-order chi connectivity index (χ0) is 77.4. The summed E-state index contributed by atoms with van der Waals surface area (Å²) >= 11 is 0. The number of esters is 4. The molecule has 0 saturated carbocycles. The lowest BCUT2D eigenvalue weighted by Gasteiger charge is -2.21. The van der Waals surface area contributed by atoms with Crippen LogP contribution >= 0.6 is 15.6 Å². The van der Waals surface area contributed by atoms with Gasteiger partial charge in [0.25, 0.3) is 0 Å². The Morgan fingerprint density at radius 3 is 0.830 bits per heavy atom. The summed E-state index contributed by atoms with van der Waals surface area (Å²) in [7, 11) is -9.99. The molecule has 0 aliphatic heterocycles. The van der Waals surface area contributed by atoms with Crippen LogP contribution in [-0.4, -0.2) is 96.7 Å². The Morgan fingerprint density at radius 2 is 0.509 bits per heavy atom. The maximum Gasteiger partial charge on any atom is 0.472 e. The fraction of sp³-hybridized carbons (Fsp3) is 0.724. The summed E-state index contributed by atoms with van der Waals surface area (Å²) in [5.74, 6) is -2.29. The number of unbranched alkanes of at least 4 members (excludes halogenated alkanes) is 32. The molecule has 19 heteroatoms. The Bertz CT molecular complexity index is 2480. The number of aliphatic hydroxyl groups is 1. The standard InChI is InChI=1S/C87H150O17P2/c1-5-9-13-17-21-25-29-33-36-38-40-42-45-48-52-56-60-64-68-72-85(90)98-78-83(104-87(92)74-70-66-62-58-54-50-46-43-41-39-37-34-30-26-22-18-14-10-6-2)80-102-106(95,96)100-76-81(88)75-99-105(93,94)101-79-82(77-97-84(89)71-67-63-59-55-51-47-32-28-24-20-16-12-8-4)103-86(91)73-69-65-61-57-53-49-44-35-31-27-23-19-15-11-7-3/h10,14,21-22,25-26,33-34,36-37,40-43,48,50,52,54,60,64,81-83,88H,5-9,11-13,15-20,23-24,27-32,35,38-39,44-47,49,51,53,55-59,61-63,65-80H2,1-4H3,(H,93,94)(H,95,96)/b14-10-,25-21-,26-22-,36-33-,37-34-,42-40-,43-41-,52-48-,54-50-,64-60-/t81-,82+,83+/m0/s1. The smallest absolute Gasteiger partial charge is 0.462 e. The predicted molar refractivity (Wildman–Crippen MR) is 436 cm³/mol. The second-order valence-corrected chi connectivity index (χ2v) is 30.6. The van der Waals surface area contributed by atoms with Crippen LogP contribution in [0.2, 0.25) is 0 Å². The molecule has 0 aromatic rings. The van der Waals surface area contributed by atoms with Crippen molar-refractivity contribution in [3.63, 3.8) is 0 Å². The van der Waals surface area contributed by atoms with Crippen LogP contribution in [0.3, 0.4) is 0 Å². The highest BCUT2D eigenvalue weighted by molar-refractivity contribution is 7.47. The molecule has 610 valence electrons. The van der Waals surface area contributed by atoms with Gasteiger partial charge in [0.1, 0.15) is 19.3 Å². The Hall–Kier alpha value is -4.54. The third kappa shape index (κ3) is 77.6. The van der Waals surface area contributed by atoms with Crippen molar-refractivity contribution in [3.05, 3.63) is 122 Å². The van der Waals surface area contributed by atoms with Crippen molar-refractivity contribution in [2.24, 2.45) is 0 Å². The highest BCUT2D eigenvalue weighted by Gasteiger charge is 2.30. The van der Waals surface area contributed by atoms with Crippen molar-refractivity contribution in [3.8, 4) is 0 Å². The van der Waals surface area contributed by atoms with E-state index in [1.54, 1.807) is 0 Å². The van der Waals surface area contributed by atoms with E-state index >= 15 is 0 Å². The molecule has 0 rings (SSSR count). The highest BCUT2D eigenvalue weighted by atomic mass is 31.2. The third-order valence-electron chi connectivity index (χ3n) is 17.5. The first-order chi connectivity index (χ1) is 51.7. The number of allylic oxidation sites excluding steroid dienone is 20. The first-order valence-corrected chi connectivity index (χ1v) is 44.8. The van der Waals surface area contributed by atoms with E-state index in [9.17, 15) is 43.2 Å². The van der Waals surface area contributed by atoms with Gasteiger partial charge in [-0.2, -0.15) is 0 Å².